The maximum Gasteiger partial charge on any atom is 0.322 e. The highest BCUT2D eigenvalue weighted by atomic mass is 32.2. The number of ether oxygens (including phenoxy) is 1. The van der Waals surface area contributed by atoms with E-state index >= 15 is 0 Å². The van der Waals surface area contributed by atoms with Gasteiger partial charge in [-0.15, -0.1) is 0 Å². The average molecular weight is 544 g/mol. The lowest BCUT2D eigenvalue weighted by Crippen LogP contribution is -2.40. The summed E-state index contributed by atoms with van der Waals surface area (Å²) in [5, 5.41) is 9.34. The van der Waals surface area contributed by atoms with Crippen molar-refractivity contribution < 1.29 is 40.0 Å². The minimum absolute atomic E-state index is 0.0172. The van der Waals surface area contributed by atoms with Crippen molar-refractivity contribution in [2.24, 2.45) is 5.41 Å². The van der Waals surface area contributed by atoms with Gasteiger partial charge in [-0.1, -0.05) is 38.5 Å². The zero-order valence-corrected chi connectivity index (χ0v) is 22.0. The molecular formula is C24H30FNO8S2. The fourth-order valence-corrected chi connectivity index (χ4v) is 5.03. The number of rotatable bonds is 12. The number of aryl methyl sites for hydroxylation is 1. The van der Waals surface area contributed by atoms with Gasteiger partial charge >= 0.3 is 5.97 Å². The van der Waals surface area contributed by atoms with Gasteiger partial charge in [0.1, 0.15) is 25.0 Å². The van der Waals surface area contributed by atoms with Crippen molar-refractivity contribution in [3.63, 3.8) is 0 Å². The lowest BCUT2D eigenvalue weighted by Gasteiger charge is -2.17. The Morgan fingerprint density at radius 1 is 1.00 bits per heavy atom. The molecule has 0 aliphatic heterocycles. The Bertz CT molecular complexity index is 1280. The molecule has 0 radical (unpaired) electrons. The number of aliphatic carboxylic acids is 1. The molecule has 0 heterocycles. The molecule has 2 aromatic carbocycles. The molecule has 0 bridgehead atoms. The molecule has 0 fully saturated rings. The van der Waals surface area contributed by atoms with Gasteiger partial charge in [0.2, 0.25) is 10.0 Å². The molecule has 0 saturated carbocycles. The molecule has 0 aromatic heterocycles. The van der Waals surface area contributed by atoms with Crippen LogP contribution in [-0.4, -0.2) is 47.2 Å². The molecule has 1 atom stereocenters. The maximum absolute atomic E-state index is 14.2. The standard InChI is InChI=1S/C24H30FNO8S2/c1-17-5-9-21(10-6-17)36(31,32)34-14-13-33-19-7-11-20(12-8-19)35(29,30)26-22(23(27)28)15-18(25)16-24(2,3)4/h5-12,16,22,26H,13-15H2,1-4H3,(H,27,28)/t22-/m0/s1. The van der Waals surface area contributed by atoms with Crippen LogP contribution in [0.25, 0.3) is 0 Å². The van der Waals surface area contributed by atoms with E-state index < -0.39 is 49.8 Å². The van der Waals surface area contributed by atoms with Gasteiger partial charge in [0.05, 0.1) is 15.6 Å². The number of benzene rings is 2. The first-order valence-corrected chi connectivity index (χ1v) is 13.8. The summed E-state index contributed by atoms with van der Waals surface area (Å²) in [5.74, 6) is -2.02. The van der Waals surface area contributed by atoms with Gasteiger partial charge in [-0.05, 0) is 54.8 Å². The van der Waals surface area contributed by atoms with Crippen LogP contribution in [0, 0.1) is 12.3 Å². The van der Waals surface area contributed by atoms with Crippen molar-refractivity contribution in [2.75, 3.05) is 13.2 Å². The molecule has 36 heavy (non-hydrogen) atoms. The Labute approximate surface area is 211 Å². The SMILES string of the molecule is Cc1ccc(S(=O)(=O)OCCOc2ccc(S(=O)(=O)N[C@@H](CC(F)=CC(C)(C)C)C(=O)O)cc2)cc1. The Kier molecular flexibility index (Phi) is 9.78. The van der Waals surface area contributed by atoms with E-state index in [1.807, 2.05) is 11.6 Å². The van der Waals surface area contributed by atoms with Crippen LogP contribution in [0.4, 0.5) is 4.39 Å². The summed E-state index contributed by atoms with van der Waals surface area (Å²) < 4.78 is 76.0. The number of hydrogen-bond acceptors (Lipinski definition) is 7. The topological polar surface area (TPSA) is 136 Å². The largest absolute Gasteiger partial charge is 0.491 e. The maximum atomic E-state index is 14.2. The summed E-state index contributed by atoms with van der Waals surface area (Å²) in [6, 6.07) is 9.47. The van der Waals surface area contributed by atoms with Crippen molar-refractivity contribution >= 4 is 26.1 Å². The Morgan fingerprint density at radius 3 is 2.08 bits per heavy atom. The summed E-state index contributed by atoms with van der Waals surface area (Å²) >= 11 is 0. The first-order chi connectivity index (χ1) is 16.6. The van der Waals surface area contributed by atoms with Crippen LogP contribution in [0.3, 0.4) is 0 Å². The van der Waals surface area contributed by atoms with Crippen molar-refractivity contribution in [1.29, 1.82) is 0 Å². The molecule has 198 valence electrons. The lowest BCUT2D eigenvalue weighted by atomic mass is 9.95. The van der Waals surface area contributed by atoms with E-state index in [-0.39, 0.29) is 28.8 Å². The van der Waals surface area contributed by atoms with Crippen LogP contribution in [-0.2, 0) is 29.1 Å². The molecular weight excluding hydrogens is 513 g/mol. The van der Waals surface area contributed by atoms with Crippen molar-refractivity contribution in [1.82, 2.24) is 4.72 Å². The third kappa shape index (κ3) is 9.34. The van der Waals surface area contributed by atoms with Gasteiger partial charge < -0.3 is 9.84 Å². The van der Waals surface area contributed by atoms with Gasteiger partial charge in [0.25, 0.3) is 10.1 Å². The Morgan fingerprint density at radius 2 is 1.56 bits per heavy atom. The Balaban J connectivity index is 1.96. The predicted octanol–water partition coefficient (Wildman–Crippen LogP) is 3.80. The molecule has 0 saturated heterocycles. The molecule has 2 aromatic rings. The Hall–Kier alpha value is -2.80. The predicted molar refractivity (Wildman–Crippen MR) is 131 cm³/mol. The van der Waals surface area contributed by atoms with E-state index in [1.54, 1.807) is 32.9 Å². The number of sulfonamides is 1. The van der Waals surface area contributed by atoms with Crippen molar-refractivity contribution in [2.45, 2.75) is 49.9 Å². The minimum atomic E-state index is -4.27. The smallest absolute Gasteiger partial charge is 0.322 e. The summed E-state index contributed by atoms with van der Waals surface area (Å²) in [4.78, 5) is 11.3. The van der Waals surface area contributed by atoms with Gasteiger partial charge in [-0.2, -0.15) is 13.1 Å². The summed E-state index contributed by atoms with van der Waals surface area (Å²) in [5.41, 5.74) is 0.360. The molecule has 9 nitrogen and oxygen atoms in total. The molecule has 2 N–H and O–H groups in total. The molecule has 0 aliphatic rings. The zero-order chi connectivity index (χ0) is 27.1. The van der Waals surface area contributed by atoms with E-state index in [1.165, 1.54) is 42.5 Å². The number of halogens is 1. The first kappa shape index (κ1) is 29.4. The quantitative estimate of drug-likeness (QED) is 0.305. The summed E-state index contributed by atoms with van der Waals surface area (Å²) in [6.45, 7) is 6.61. The number of nitrogens with one attached hydrogen (secondary N) is 1. The van der Waals surface area contributed by atoms with Gasteiger partial charge in [-0.3, -0.25) is 8.98 Å². The normalized spacial score (nSPS) is 13.9. The average Bonchev–Trinajstić information content (AvgIpc) is 2.75. The molecule has 0 amide bonds. The van der Waals surface area contributed by atoms with Crippen LogP contribution in [0.5, 0.6) is 5.75 Å². The number of carboxylic acids is 1. The first-order valence-electron chi connectivity index (χ1n) is 10.9. The number of hydrogen-bond donors (Lipinski definition) is 2. The van der Waals surface area contributed by atoms with Crippen LogP contribution in [0.1, 0.15) is 32.8 Å². The number of carbonyl (C=O) groups is 1. The highest BCUT2D eigenvalue weighted by Gasteiger charge is 2.27. The highest BCUT2D eigenvalue weighted by molar-refractivity contribution is 7.89. The third-order valence-electron chi connectivity index (χ3n) is 4.62. The third-order valence-corrected chi connectivity index (χ3v) is 7.43. The lowest BCUT2D eigenvalue weighted by molar-refractivity contribution is -0.139. The van der Waals surface area contributed by atoms with Crippen molar-refractivity contribution in [3.05, 3.63) is 66.0 Å². The fraction of sp³-hybridized carbons (Fsp3) is 0.375. The summed E-state index contributed by atoms with van der Waals surface area (Å²) in [7, 11) is -8.21. The monoisotopic (exact) mass is 543 g/mol. The minimum Gasteiger partial charge on any atom is -0.491 e. The molecule has 0 spiro atoms. The van der Waals surface area contributed by atoms with E-state index in [4.69, 9.17) is 8.92 Å². The van der Waals surface area contributed by atoms with Crippen LogP contribution < -0.4 is 9.46 Å². The van der Waals surface area contributed by atoms with E-state index in [9.17, 15) is 31.1 Å². The van der Waals surface area contributed by atoms with Gasteiger partial charge in [-0.25, -0.2) is 12.8 Å². The molecule has 2 rings (SSSR count). The molecule has 0 unspecified atom stereocenters. The van der Waals surface area contributed by atoms with Crippen LogP contribution >= 0.6 is 0 Å². The second-order valence-electron chi connectivity index (χ2n) is 9.08. The van der Waals surface area contributed by atoms with E-state index in [0.29, 0.717) is 0 Å². The van der Waals surface area contributed by atoms with Gasteiger partial charge in [0, 0.05) is 6.42 Å². The second kappa shape index (κ2) is 12.0. The molecule has 0 aliphatic carbocycles. The number of allylic oxidation sites excluding steroid dienone is 1. The zero-order valence-electron chi connectivity index (χ0n) is 20.4. The highest BCUT2D eigenvalue weighted by Crippen LogP contribution is 2.22. The van der Waals surface area contributed by atoms with Crippen molar-refractivity contribution in [3.8, 4) is 5.75 Å². The van der Waals surface area contributed by atoms with Crippen LogP contribution in [0.15, 0.2) is 70.2 Å². The van der Waals surface area contributed by atoms with E-state index in [2.05, 4.69) is 0 Å². The molecule has 12 heteroatoms. The van der Waals surface area contributed by atoms with E-state index in [0.717, 1.165) is 5.56 Å². The fourth-order valence-electron chi connectivity index (χ4n) is 2.95. The second-order valence-corrected chi connectivity index (χ2v) is 12.4. The van der Waals surface area contributed by atoms with Crippen LogP contribution in [0.2, 0.25) is 0 Å². The number of carboxylic acid groups (broad SMARTS) is 1. The summed E-state index contributed by atoms with van der Waals surface area (Å²) in [6.07, 6.45) is 0.595. The van der Waals surface area contributed by atoms with Gasteiger partial charge in [0.15, 0.2) is 0 Å².